The molecule has 3 aliphatic heterocycles. The summed E-state index contributed by atoms with van der Waals surface area (Å²) in [6.45, 7) is -0.493. The van der Waals surface area contributed by atoms with E-state index in [1.165, 1.54) is 56.5 Å². The first-order valence-corrected chi connectivity index (χ1v) is 17.6. The van der Waals surface area contributed by atoms with Gasteiger partial charge >= 0.3 is 5.97 Å². The molecule has 3 saturated heterocycles. The number of aromatic hydroxyl groups is 3. The molecule has 3 fully saturated rings. The monoisotopic (exact) mass is 800 g/mol. The van der Waals surface area contributed by atoms with E-state index in [0.29, 0.717) is 11.1 Å². The fourth-order valence-corrected chi connectivity index (χ4v) is 6.37. The number of hydrogen-bond acceptors (Lipinski definition) is 20. The minimum atomic E-state index is -1.97. The van der Waals surface area contributed by atoms with Gasteiger partial charge in [0.1, 0.15) is 61.0 Å². The third-order valence-corrected chi connectivity index (χ3v) is 9.59. The van der Waals surface area contributed by atoms with Crippen molar-refractivity contribution in [3.8, 4) is 23.0 Å². The fraction of sp³-hybridized carbons (Fsp3) is 0.583. The van der Waals surface area contributed by atoms with Crippen LogP contribution in [0.2, 0.25) is 0 Å². The van der Waals surface area contributed by atoms with Crippen molar-refractivity contribution in [2.24, 2.45) is 0 Å². The maximum Gasteiger partial charge on any atom is 0.331 e. The first kappa shape index (κ1) is 43.4. The first-order chi connectivity index (χ1) is 26.7. The van der Waals surface area contributed by atoms with Gasteiger partial charge in [0.05, 0.1) is 33.0 Å². The number of hydrogen-bond donors (Lipinski definition) is 11. The third-order valence-electron chi connectivity index (χ3n) is 9.59. The van der Waals surface area contributed by atoms with Gasteiger partial charge in [0, 0.05) is 6.08 Å². The number of phenols is 3. The molecule has 0 aromatic heterocycles. The molecule has 15 unspecified atom stereocenters. The van der Waals surface area contributed by atoms with Gasteiger partial charge in [-0.15, -0.1) is 0 Å². The Labute approximate surface area is 319 Å². The summed E-state index contributed by atoms with van der Waals surface area (Å²) in [6, 6.07) is 8.28. The molecular formula is C36H48O20. The molecule has 0 saturated carbocycles. The number of aliphatic hydroxyl groups excluding tert-OH is 8. The number of carbonyl (C=O) groups is 1. The van der Waals surface area contributed by atoms with E-state index in [4.69, 9.17) is 37.9 Å². The topological polar surface area (TPSA) is 313 Å². The predicted octanol–water partition coefficient (Wildman–Crippen LogP) is -2.89. The van der Waals surface area contributed by atoms with Crippen LogP contribution >= 0.6 is 0 Å². The predicted molar refractivity (Wildman–Crippen MR) is 185 cm³/mol. The van der Waals surface area contributed by atoms with Crippen LogP contribution in [0.15, 0.2) is 42.5 Å². The molecule has 5 rings (SSSR count). The number of methoxy groups -OCH3 is 1. The molecular weight excluding hydrogens is 752 g/mol. The maximum absolute atomic E-state index is 13.4. The quantitative estimate of drug-likeness (QED) is 0.0519. The lowest BCUT2D eigenvalue weighted by molar-refractivity contribution is -0.390. The van der Waals surface area contributed by atoms with E-state index in [0.717, 1.165) is 6.08 Å². The average Bonchev–Trinajstić information content (AvgIpc) is 3.18. The van der Waals surface area contributed by atoms with Crippen LogP contribution in [0.4, 0.5) is 0 Å². The molecule has 0 radical (unpaired) electrons. The molecule has 3 heterocycles. The van der Waals surface area contributed by atoms with E-state index < -0.39 is 117 Å². The van der Waals surface area contributed by atoms with Gasteiger partial charge in [-0.2, -0.15) is 0 Å². The van der Waals surface area contributed by atoms with Crippen molar-refractivity contribution < 1.29 is 98.9 Å². The van der Waals surface area contributed by atoms with Crippen molar-refractivity contribution in [3.63, 3.8) is 0 Å². The second-order valence-corrected chi connectivity index (χ2v) is 13.4. The van der Waals surface area contributed by atoms with Gasteiger partial charge < -0.3 is 94.1 Å². The van der Waals surface area contributed by atoms with Gasteiger partial charge in [-0.1, -0.05) is 12.1 Å². The van der Waals surface area contributed by atoms with Gasteiger partial charge in [0.25, 0.3) is 0 Å². The Morgan fingerprint density at radius 1 is 0.696 bits per heavy atom. The van der Waals surface area contributed by atoms with E-state index in [-0.39, 0.29) is 30.3 Å². The molecule has 2 aromatic rings. The summed E-state index contributed by atoms with van der Waals surface area (Å²) in [4.78, 5) is 13.4. The highest BCUT2D eigenvalue weighted by Crippen LogP contribution is 2.36. The first-order valence-electron chi connectivity index (χ1n) is 17.6. The van der Waals surface area contributed by atoms with Crippen molar-refractivity contribution in [2.45, 2.75) is 105 Å². The highest BCUT2D eigenvalue weighted by Gasteiger charge is 2.55. The lowest BCUT2D eigenvalue weighted by Crippen LogP contribution is -2.67. The molecule has 0 aliphatic carbocycles. The minimum Gasteiger partial charge on any atom is -0.504 e. The minimum absolute atomic E-state index is 0.0904. The largest absolute Gasteiger partial charge is 0.504 e. The summed E-state index contributed by atoms with van der Waals surface area (Å²) < 4.78 is 46.4. The van der Waals surface area contributed by atoms with Crippen LogP contribution in [0.3, 0.4) is 0 Å². The molecule has 312 valence electrons. The van der Waals surface area contributed by atoms with E-state index in [9.17, 15) is 61.0 Å². The van der Waals surface area contributed by atoms with Crippen molar-refractivity contribution in [1.82, 2.24) is 0 Å². The molecule has 11 N–H and O–H groups in total. The summed E-state index contributed by atoms with van der Waals surface area (Å²) in [5, 5.41) is 114. The summed E-state index contributed by atoms with van der Waals surface area (Å²) in [5.41, 5.74) is 0.904. The van der Waals surface area contributed by atoms with Crippen molar-refractivity contribution in [3.05, 3.63) is 53.6 Å². The summed E-state index contributed by atoms with van der Waals surface area (Å²) in [5.74, 6) is -1.83. The Morgan fingerprint density at radius 3 is 1.98 bits per heavy atom. The van der Waals surface area contributed by atoms with Crippen LogP contribution in [0, 0.1) is 0 Å². The number of rotatable bonds is 14. The molecule has 0 bridgehead atoms. The van der Waals surface area contributed by atoms with E-state index in [1.54, 1.807) is 0 Å². The van der Waals surface area contributed by atoms with Gasteiger partial charge in [0.15, 0.2) is 48.0 Å². The van der Waals surface area contributed by atoms with Gasteiger partial charge in [-0.25, -0.2) is 4.79 Å². The van der Waals surface area contributed by atoms with Crippen LogP contribution in [0.5, 0.6) is 23.0 Å². The fourth-order valence-electron chi connectivity index (χ4n) is 6.37. The highest BCUT2D eigenvalue weighted by atomic mass is 16.8. The van der Waals surface area contributed by atoms with Crippen molar-refractivity contribution in [2.75, 3.05) is 26.9 Å². The number of phenolic OH excluding ortho intramolecular Hbond substituents is 3. The molecule has 2 aromatic carbocycles. The highest BCUT2D eigenvalue weighted by molar-refractivity contribution is 5.87. The summed E-state index contributed by atoms with van der Waals surface area (Å²) >= 11 is 0. The number of esters is 1. The second-order valence-electron chi connectivity index (χ2n) is 13.4. The molecule has 0 amide bonds. The molecule has 20 heteroatoms. The normalized spacial score (nSPS) is 36.4. The van der Waals surface area contributed by atoms with Crippen LogP contribution < -0.4 is 4.74 Å². The Kier molecular flexibility index (Phi) is 14.9. The Bertz CT molecular complexity index is 1620. The lowest BCUT2D eigenvalue weighted by Gasteiger charge is -2.49. The third kappa shape index (κ3) is 9.86. The molecule has 15 atom stereocenters. The zero-order chi connectivity index (χ0) is 40.8. The molecule has 56 heavy (non-hydrogen) atoms. The zero-order valence-electron chi connectivity index (χ0n) is 30.2. The lowest BCUT2D eigenvalue weighted by atomic mass is 9.96. The Morgan fingerprint density at radius 2 is 1.32 bits per heavy atom. The van der Waals surface area contributed by atoms with Crippen LogP contribution in [-0.2, 0) is 44.4 Å². The second kappa shape index (κ2) is 19.2. The maximum atomic E-state index is 13.4. The van der Waals surface area contributed by atoms with Gasteiger partial charge in [-0.05, 0) is 54.8 Å². The number of carbonyl (C=O) groups excluding carboxylic acids is 1. The van der Waals surface area contributed by atoms with Gasteiger partial charge in [0.2, 0.25) is 0 Å². The summed E-state index contributed by atoms with van der Waals surface area (Å²) in [6.07, 6.45) is -22.9. The smallest absolute Gasteiger partial charge is 0.331 e. The molecule has 3 aliphatic rings. The van der Waals surface area contributed by atoms with Crippen LogP contribution in [0.25, 0.3) is 6.08 Å². The number of benzene rings is 2. The Hall–Kier alpha value is -3.71. The number of ether oxygens (including phenoxy) is 8. The molecule has 0 spiro atoms. The van der Waals surface area contributed by atoms with Gasteiger partial charge in [-0.3, -0.25) is 0 Å². The standard InChI is InChI=1S/C36H48O20/c1-15-25(43)27(45)29(47)34(51-15)55-32-31(54-24(42)8-5-16-4-7-19(40)21(12-16)49-2)23(14-38)53-36(50-10-9-17-3-6-18(39)20(41)11-17)33(32)56-35-30(48)28(46)26(44)22(13-37)52-35/h3-8,11-12,15,22-23,25-41,43-48H,9-10,13-14H2,1-2H3. The average molecular weight is 801 g/mol. The van der Waals surface area contributed by atoms with E-state index in [2.05, 4.69) is 0 Å². The zero-order valence-corrected chi connectivity index (χ0v) is 30.2. The van der Waals surface area contributed by atoms with Crippen molar-refractivity contribution >= 4 is 12.0 Å². The Balaban J connectivity index is 1.50. The van der Waals surface area contributed by atoms with E-state index >= 15 is 0 Å². The number of aliphatic hydroxyl groups is 8. The SMILES string of the molecule is COc1cc(C=CC(=O)OC2C(CO)OC(OCCc3ccc(O)c(O)c3)C(OC3OC(CO)C(O)C(O)C3O)C2OC2OC(C)C(O)C(O)C2O)ccc1O. The van der Waals surface area contributed by atoms with Crippen LogP contribution in [0.1, 0.15) is 18.1 Å². The molecule has 20 nitrogen and oxygen atoms in total. The van der Waals surface area contributed by atoms with Crippen molar-refractivity contribution in [1.29, 1.82) is 0 Å². The van der Waals surface area contributed by atoms with E-state index in [1.807, 2.05) is 0 Å². The van der Waals surface area contributed by atoms with Crippen LogP contribution in [-0.4, -0.2) is 181 Å². The summed E-state index contributed by atoms with van der Waals surface area (Å²) in [7, 11) is 1.33.